The van der Waals surface area contributed by atoms with Crippen LogP contribution in [0.2, 0.25) is 0 Å². The van der Waals surface area contributed by atoms with Crippen molar-refractivity contribution in [2.75, 3.05) is 11.8 Å². The lowest BCUT2D eigenvalue weighted by Gasteiger charge is -2.19. The summed E-state index contributed by atoms with van der Waals surface area (Å²) in [6, 6.07) is 17.5. The molecule has 0 aromatic heterocycles. The van der Waals surface area contributed by atoms with Crippen LogP contribution in [0.1, 0.15) is 52.0 Å². The minimum Gasteiger partial charge on any atom is -0.496 e. The average molecular weight is 467 g/mol. The van der Waals surface area contributed by atoms with E-state index in [1.54, 1.807) is 38.3 Å². The van der Waals surface area contributed by atoms with Gasteiger partial charge >= 0.3 is 0 Å². The molecule has 0 aliphatic carbocycles. The van der Waals surface area contributed by atoms with Gasteiger partial charge in [-0.2, -0.15) is 0 Å². The molecule has 0 saturated heterocycles. The van der Waals surface area contributed by atoms with E-state index in [2.05, 4.69) is 10.0 Å². The van der Waals surface area contributed by atoms with Crippen molar-refractivity contribution in [1.29, 1.82) is 0 Å². The van der Waals surface area contributed by atoms with Gasteiger partial charge in [-0.05, 0) is 73.7 Å². The summed E-state index contributed by atoms with van der Waals surface area (Å²) in [5.74, 6) is 0.456. The summed E-state index contributed by atoms with van der Waals surface area (Å²) >= 11 is 0. The van der Waals surface area contributed by atoms with Crippen molar-refractivity contribution in [3.05, 3.63) is 88.5 Å². The zero-order valence-electron chi connectivity index (χ0n) is 19.6. The Balaban J connectivity index is 1.86. The summed E-state index contributed by atoms with van der Waals surface area (Å²) in [5, 5.41) is 3.03. The van der Waals surface area contributed by atoms with E-state index in [-0.39, 0.29) is 22.4 Å². The zero-order valence-corrected chi connectivity index (χ0v) is 20.4. The number of benzene rings is 3. The molecule has 3 aromatic carbocycles. The van der Waals surface area contributed by atoms with Crippen molar-refractivity contribution in [2.45, 2.75) is 45.1 Å². The molecule has 3 aromatic rings. The average Bonchev–Trinajstić information content (AvgIpc) is 2.78. The van der Waals surface area contributed by atoms with Crippen LogP contribution >= 0.6 is 0 Å². The number of nitrogens with one attached hydrogen (secondary N) is 2. The minimum absolute atomic E-state index is 0.0757. The number of rotatable bonds is 8. The molecule has 6 nitrogen and oxygen atoms in total. The summed E-state index contributed by atoms with van der Waals surface area (Å²) in [4.78, 5) is 13.1. The van der Waals surface area contributed by atoms with E-state index in [9.17, 15) is 13.2 Å². The van der Waals surface area contributed by atoms with E-state index in [0.717, 1.165) is 22.4 Å². The third-order valence-corrected chi connectivity index (χ3v) is 7.17. The number of anilines is 1. The fraction of sp³-hybridized carbons (Fsp3) is 0.269. The highest BCUT2D eigenvalue weighted by Gasteiger charge is 2.21. The number of amides is 1. The van der Waals surface area contributed by atoms with Crippen molar-refractivity contribution in [3.8, 4) is 5.75 Å². The Morgan fingerprint density at radius 1 is 0.939 bits per heavy atom. The minimum atomic E-state index is -3.87. The van der Waals surface area contributed by atoms with Gasteiger partial charge in [0.2, 0.25) is 0 Å². The second-order valence-corrected chi connectivity index (χ2v) is 9.71. The summed E-state index contributed by atoms with van der Waals surface area (Å²) in [6.07, 6.45) is 0.684. The molecule has 1 atom stereocenters. The fourth-order valence-corrected chi connectivity index (χ4v) is 5.10. The van der Waals surface area contributed by atoms with Gasteiger partial charge in [-0.3, -0.25) is 9.52 Å². The lowest BCUT2D eigenvalue weighted by molar-refractivity contribution is 0.0935. The molecule has 0 aliphatic rings. The molecule has 0 fully saturated rings. The first kappa shape index (κ1) is 24.3. The first-order chi connectivity index (χ1) is 15.7. The van der Waals surface area contributed by atoms with Crippen molar-refractivity contribution in [1.82, 2.24) is 5.32 Å². The fourth-order valence-electron chi connectivity index (χ4n) is 3.70. The molecule has 33 heavy (non-hydrogen) atoms. The lowest BCUT2D eigenvalue weighted by Crippen LogP contribution is -2.28. The number of aryl methyl sites for hydroxylation is 3. The van der Waals surface area contributed by atoms with Gasteiger partial charge in [0.25, 0.3) is 15.9 Å². The Bertz CT molecular complexity index is 1270. The maximum absolute atomic E-state index is 13.1. The number of carbonyl (C=O) groups excluding carboxylic acids is 1. The molecule has 0 saturated carbocycles. The third-order valence-electron chi connectivity index (χ3n) is 5.66. The number of sulfonamides is 1. The monoisotopic (exact) mass is 466 g/mol. The topological polar surface area (TPSA) is 84.5 Å². The lowest BCUT2D eigenvalue weighted by atomic mass is 10.0. The van der Waals surface area contributed by atoms with Crippen LogP contribution in [0.3, 0.4) is 0 Å². The maximum Gasteiger partial charge on any atom is 0.262 e. The first-order valence-corrected chi connectivity index (χ1v) is 12.3. The molecule has 7 heteroatoms. The van der Waals surface area contributed by atoms with Crippen LogP contribution in [0, 0.1) is 20.8 Å². The van der Waals surface area contributed by atoms with Crippen molar-refractivity contribution in [3.63, 3.8) is 0 Å². The van der Waals surface area contributed by atoms with Gasteiger partial charge in [0.05, 0.1) is 23.7 Å². The number of hydrogen-bond donors (Lipinski definition) is 2. The Labute approximate surface area is 196 Å². The maximum atomic E-state index is 13.1. The molecular weight excluding hydrogens is 436 g/mol. The van der Waals surface area contributed by atoms with Gasteiger partial charge in [0, 0.05) is 5.56 Å². The number of methoxy groups -OCH3 is 1. The molecule has 0 heterocycles. The Hall–Kier alpha value is -3.32. The molecular formula is C26H30N2O4S. The van der Waals surface area contributed by atoms with E-state index in [1.807, 2.05) is 51.1 Å². The van der Waals surface area contributed by atoms with Crippen molar-refractivity contribution >= 4 is 21.6 Å². The van der Waals surface area contributed by atoms with Crippen LogP contribution in [-0.2, 0) is 10.0 Å². The predicted octanol–water partition coefficient (Wildman–Crippen LogP) is 5.30. The molecule has 2 N–H and O–H groups in total. The SMILES string of the molecule is CCC(NC(=O)c1ccc(C)c(S(=O)(=O)Nc2ccccc2C)c1)c1ccc(OC)c(C)c1. The zero-order chi connectivity index (χ0) is 24.2. The second-order valence-electron chi connectivity index (χ2n) is 8.06. The van der Waals surface area contributed by atoms with Crippen LogP contribution < -0.4 is 14.8 Å². The van der Waals surface area contributed by atoms with E-state index < -0.39 is 10.0 Å². The number of para-hydroxylation sites is 1. The Morgan fingerprint density at radius 2 is 1.67 bits per heavy atom. The van der Waals surface area contributed by atoms with Crippen LogP contribution in [0.4, 0.5) is 5.69 Å². The van der Waals surface area contributed by atoms with Crippen LogP contribution in [-0.4, -0.2) is 21.4 Å². The highest BCUT2D eigenvalue weighted by atomic mass is 32.2. The molecule has 3 rings (SSSR count). The molecule has 0 bridgehead atoms. The summed E-state index contributed by atoms with van der Waals surface area (Å²) < 4.78 is 34.1. The molecule has 1 amide bonds. The predicted molar refractivity (Wildman–Crippen MR) is 131 cm³/mol. The molecule has 0 spiro atoms. The van der Waals surface area contributed by atoms with E-state index in [4.69, 9.17) is 4.74 Å². The highest BCUT2D eigenvalue weighted by molar-refractivity contribution is 7.92. The van der Waals surface area contributed by atoms with Crippen LogP contribution in [0.25, 0.3) is 0 Å². The highest BCUT2D eigenvalue weighted by Crippen LogP contribution is 2.26. The van der Waals surface area contributed by atoms with Gasteiger partial charge in [0.15, 0.2) is 0 Å². The Kier molecular flexibility index (Phi) is 7.43. The van der Waals surface area contributed by atoms with E-state index in [1.165, 1.54) is 6.07 Å². The number of hydrogen-bond acceptors (Lipinski definition) is 4. The largest absolute Gasteiger partial charge is 0.496 e. The van der Waals surface area contributed by atoms with E-state index >= 15 is 0 Å². The number of carbonyl (C=O) groups is 1. The first-order valence-electron chi connectivity index (χ1n) is 10.8. The standard InChI is InChI=1S/C26H30N2O4S/c1-6-22(20-13-14-24(32-5)19(4)15-20)27-26(29)21-12-11-18(3)25(16-21)33(30,31)28-23-10-8-7-9-17(23)2/h7-16,22,28H,6H2,1-5H3,(H,27,29). The third kappa shape index (κ3) is 5.54. The molecule has 1 unspecified atom stereocenters. The van der Waals surface area contributed by atoms with Crippen LogP contribution in [0.5, 0.6) is 5.75 Å². The van der Waals surface area contributed by atoms with Crippen LogP contribution in [0.15, 0.2) is 65.6 Å². The molecule has 0 aliphatic heterocycles. The van der Waals surface area contributed by atoms with Gasteiger partial charge in [0.1, 0.15) is 5.75 Å². The van der Waals surface area contributed by atoms with E-state index in [0.29, 0.717) is 17.7 Å². The molecule has 174 valence electrons. The Morgan fingerprint density at radius 3 is 2.30 bits per heavy atom. The van der Waals surface area contributed by atoms with Gasteiger partial charge < -0.3 is 10.1 Å². The van der Waals surface area contributed by atoms with Gasteiger partial charge in [-0.1, -0.05) is 43.3 Å². The number of ether oxygens (including phenoxy) is 1. The van der Waals surface area contributed by atoms with Crippen molar-refractivity contribution < 1.29 is 17.9 Å². The smallest absolute Gasteiger partial charge is 0.262 e. The normalized spacial score (nSPS) is 12.2. The second kappa shape index (κ2) is 10.1. The van der Waals surface area contributed by atoms with Crippen molar-refractivity contribution in [2.24, 2.45) is 0 Å². The van der Waals surface area contributed by atoms with Gasteiger partial charge in [-0.25, -0.2) is 8.42 Å². The summed E-state index contributed by atoms with van der Waals surface area (Å²) in [7, 11) is -2.24. The summed E-state index contributed by atoms with van der Waals surface area (Å²) in [5.41, 5.74) is 4.11. The quantitative estimate of drug-likeness (QED) is 0.472. The summed E-state index contributed by atoms with van der Waals surface area (Å²) in [6.45, 7) is 7.49. The van der Waals surface area contributed by atoms with Gasteiger partial charge in [-0.15, -0.1) is 0 Å². The molecule has 0 radical (unpaired) electrons.